The van der Waals surface area contributed by atoms with Crippen LogP contribution in [0.15, 0.2) is 23.3 Å². The lowest BCUT2D eigenvalue weighted by Gasteiger charge is -2.29. The van der Waals surface area contributed by atoms with Crippen LogP contribution in [0.3, 0.4) is 0 Å². The Kier molecular flexibility index (Phi) is 2.28. The van der Waals surface area contributed by atoms with E-state index in [4.69, 9.17) is 5.73 Å². The molecular formula is C9H12F3N. The summed E-state index contributed by atoms with van der Waals surface area (Å²) in [7, 11) is 0. The summed E-state index contributed by atoms with van der Waals surface area (Å²) in [6, 6.07) is 0. The molecule has 1 rings (SSSR count). The van der Waals surface area contributed by atoms with E-state index in [0.717, 1.165) is 12.2 Å². The zero-order valence-electron chi connectivity index (χ0n) is 7.57. The standard InChI is InChI=1S/C9H12F3N/c1-6-5-7(9(10,11)12)3-4-8(6,2)13/h3,5H,4,13H2,1-2H3. The Morgan fingerprint density at radius 2 is 2.00 bits per heavy atom. The van der Waals surface area contributed by atoms with Gasteiger partial charge in [-0.1, -0.05) is 11.6 Å². The van der Waals surface area contributed by atoms with Crippen LogP contribution < -0.4 is 5.73 Å². The first-order chi connectivity index (χ1) is 5.73. The molecule has 0 heterocycles. The summed E-state index contributed by atoms with van der Waals surface area (Å²) < 4.78 is 36.6. The molecule has 0 aromatic rings. The SMILES string of the molecule is CC1=CC(C(F)(F)F)=CCC1(C)N. The van der Waals surface area contributed by atoms with E-state index in [1.54, 1.807) is 13.8 Å². The van der Waals surface area contributed by atoms with E-state index in [0.29, 0.717) is 5.57 Å². The second-order valence-electron chi connectivity index (χ2n) is 3.61. The van der Waals surface area contributed by atoms with Gasteiger partial charge in [-0.2, -0.15) is 13.2 Å². The summed E-state index contributed by atoms with van der Waals surface area (Å²) in [6.07, 6.45) is -1.75. The number of allylic oxidation sites excluding steroid dienone is 2. The molecule has 4 heteroatoms. The molecule has 0 fully saturated rings. The van der Waals surface area contributed by atoms with Gasteiger partial charge in [-0.15, -0.1) is 0 Å². The van der Waals surface area contributed by atoms with E-state index < -0.39 is 17.3 Å². The highest BCUT2D eigenvalue weighted by Crippen LogP contribution is 2.34. The molecule has 0 spiro atoms. The van der Waals surface area contributed by atoms with E-state index in [1.807, 2.05) is 0 Å². The topological polar surface area (TPSA) is 26.0 Å². The monoisotopic (exact) mass is 191 g/mol. The number of alkyl halides is 3. The van der Waals surface area contributed by atoms with Gasteiger partial charge >= 0.3 is 6.18 Å². The fourth-order valence-corrected chi connectivity index (χ4v) is 1.14. The zero-order chi connectivity index (χ0) is 10.3. The summed E-state index contributed by atoms with van der Waals surface area (Å²) in [5, 5.41) is 0. The Morgan fingerprint density at radius 3 is 2.38 bits per heavy atom. The molecule has 0 bridgehead atoms. The number of nitrogens with two attached hydrogens (primary N) is 1. The maximum atomic E-state index is 12.2. The van der Waals surface area contributed by atoms with Gasteiger partial charge in [-0.05, 0) is 26.3 Å². The van der Waals surface area contributed by atoms with E-state index in [1.165, 1.54) is 0 Å². The molecule has 2 N–H and O–H groups in total. The number of hydrogen-bond donors (Lipinski definition) is 1. The molecule has 1 nitrogen and oxygen atoms in total. The third-order valence-corrected chi connectivity index (χ3v) is 2.35. The second kappa shape index (κ2) is 2.87. The average Bonchev–Trinajstić information content (AvgIpc) is 1.92. The van der Waals surface area contributed by atoms with Crippen LogP contribution in [-0.2, 0) is 0 Å². The van der Waals surface area contributed by atoms with Gasteiger partial charge in [-0.25, -0.2) is 0 Å². The van der Waals surface area contributed by atoms with Gasteiger partial charge in [0.15, 0.2) is 0 Å². The van der Waals surface area contributed by atoms with Gasteiger partial charge in [0.1, 0.15) is 0 Å². The van der Waals surface area contributed by atoms with E-state index in [-0.39, 0.29) is 6.42 Å². The highest BCUT2D eigenvalue weighted by molar-refractivity contribution is 5.36. The highest BCUT2D eigenvalue weighted by atomic mass is 19.4. The molecule has 0 aliphatic heterocycles. The third kappa shape index (κ3) is 2.12. The summed E-state index contributed by atoms with van der Waals surface area (Å²) in [6.45, 7) is 3.35. The lowest BCUT2D eigenvalue weighted by Crippen LogP contribution is -2.39. The Hall–Kier alpha value is -0.770. The fraction of sp³-hybridized carbons (Fsp3) is 0.556. The van der Waals surface area contributed by atoms with Crippen molar-refractivity contribution in [3.8, 4) is 0 Å². The van der Waals surface area contributed by atoms with E-state index in [2.05, 4.69) is 0 Å². The number of hydrogen-bond acceptors (Lipinski definition) is 1. The Morgan fingerprint density at radius 1 is 1.46 bits per heavy atom. The largest absolute Gasteiger partial charge is 0.416 e. The van der Waals surface area contributed by atoms with Crippen molar-refractivity contribution < 1.29 is 13.2 Å². The molecule has 0 aromatic carbocycles. The van der Waals surface area contributed by atoms with Gasteiger partial charge in [0, 0.05) is 5.54 Å². The van der Waals surface area contributed by atoms with Gasteiger partial charge in [0.2, 0.25) is 0 Å². The molecule has 0 radical (unpaired) electrons. The molecule has 1 aliphatic rings. The van der Waals surface area contributed by atoms with Crippen molar-refractivity contribution in [2.75, 3.05) is 0 Å². The predicted octanol–water partition coefficient (Wildman–Crippen LogP) is 2.54. The predicted molar refractivity (Wildman–Crippen MR) is 45.1 cm³/mol. The smallest absolute Gasteiger partial charge is 0.322 e. The highest BCUT2D eigenvalue weighted by Gasteiger charge is 2.36. The van der Waals surface area contributed by atoms with Gasteiger partial charge in [0.05, 0.1) is 5.57 Å². The molecule has 1 aliphatic carbocycles. The summed E-state index contributed by atoms with van der Waals surface area (Å²) in [5.74, 6) is 0. The lowest BCUT2D eigenvalue weighted by molar-refractivity contribution is -0.0888. The van der Waals surface area contributed by atoms with Crippen molar-refractivity contribution in [1.29, 1.82) is 0 Å². The van der Waals surface area contributed by atoms with Crippen molar-refractivity contribution in [3.05, 3.63) is 23.3 Å². The minimum Gasteiger partial charge on any atom is -0.322 e. The number of halogens is 3. The summed E-state index contributed by atoms with van der Waals surface area (Å²) >= 11 is 0. The first kappa shape index (κ1) is 10.3. The Labute approximate surface area is 75.1 Å². The minimum absolute atomic E-state index is 0.240. The zero-order valence-corrected chi connectivity index (χ0v) is 7.57. The maximum absolute atomic E-state index is 12.2. The summed E-state index contributed by atoms with van der Waals surface area (Å²) in [4.78, 5) is 0. The Bertz CT molecular complexity index is 271. The average molecular weight is 191 g/mol. The normalized spacial score (nSPS) is 29.7. The number of rotatable bonds is 0. The van der Waals surface area contributed by atoms with Crippen LogP contribution in [-0.4, -0.2) is 11.7 Å². The van der Waals surface area contributed by atoms with Crippen LogP contribution in [0, 0.1) is 0 Å². The lowest BCUT2D eigenvalue weighted by atomic mass is 9.84. The molecule has 0 amide bonds. The first-order valence-electron chi connectivity index (χ1n) is 3.98. The fourth-order valence-electron chi connectivity index (χ4n) is 1.14. The second-order valence-corrected chi connectivity index (χ2v) is 3.61. The molecule has 0 saturated heterocycles. The van der Waals surface area contributed by atoms with E-state index >= 15 is 0 Å². The van der Waals surface area contributed by atoms with Gasteiger partial charge in [-0.3, -0.25) is 0 Å². The Balaban J connectivity index is 2.95. The molecular weight excluding hydrogens is 179 g/mol. The van der Waals surface area contributed by atoms with Crippen LogP contribution in [0.2, 0.25) is 0 Å². The third-order valence-electron chi connectivity index (χ3n) is 2.35. The van der Waals surface area contributed by atoms with Crippen molar-refractivity contribution in [2.45, 2.75) is 32.0 Å². The first-order valence-corrected chi connectivity index (χ1v) is 3.98. The van der Waals surface area contributed by atoms with Gasteiger partial charge < -0.3 is 5.73 Å². The van der Waals surface area contributed by atoms with E-state index in [9.17, 15) is 13.2 Å². The molecule has 13 heavy (non-hydrogen) atoms. The van der Waals surface area contributed by atoms with Crippen molar-refractivity contribution in [2.24, 2.45) is 5.73 Å². The molecule has 0 aromatic heterocycles. The van der Waals surface area contributed by atoms with Crippen LogP contribution in [0.1, 0.15) is 20.3 Å². The van der Waals surface area contributed by atoms with Crippen molar-refractivity contribution >= 4 is 0 Å². The maximum Gasteiger partial charge on any atom is 0.416 e. The van der Waals surface area contributed by atoms with Crippen LogP contribution in [0.4, 0.5) is 13.2 Å². The molecule has 1 unspecified atom stereocenters. The minimum atomic E-state index is -4.25. The van der Waals surface area contributed by atoms with Crippen LogP contribution in [0.25, 0.3) is 0 Å². The van der Waals surface area contributed by atoms with Crippen molar-refractivity contribution in [1.82, 2.24) is 0 Å². The van der Waals surface area contributed by atoms with Crippen molar-refractivity contribution in [3.63, 3.8) is 0 Å². The van der Waals surface area contributed by atoms with Gasteiger partial charge in [0.25, 0.3) is 0 Å². The molecule has 74 valence electrons. The summed E-state index contributed by atoms with van der Waals surface area (Å²) in [5.41, 5.74) is 5.10. The van der Waals surface area contributed by atoms with Crippen LogP contribution in [0.5, 0.6) is 0 Å². The quantitative estimate of drug-likeness (QED) is 0.625. The molecule has 1 atom stereocenters. The molecule has 0 saturated carbocycles. The van der Waals surface area contributed by atoms with Crippen LogP contribution >= 0.6 is 0 Å².